The van der Waals surface area contributed by atoms with Crippen molar-refractivity contribution >= 4 is 0 Å². The van der Waals surface area contributed by atoms with E-state index in [1.54, 1.807) is 13.2 Å². The smallest absolute Gasteiger partial charge is 0.160 e. The number of phenols is 1. The molecule has 1 N–H and O–H groups in total. The Hall–Kier alpha value is -2.00. The first kappa shape index (κ1) is 15.9. The highest BCUT2D eigenvalue weighted by Gasteiger charge is 2.31. The maximum Gasteiger partial charge on any atom is 0.160 e. The number of aromatic hydroxyl groups is 1. The summed E-state index contributed by atoms with van der Waals surface area (Å²) in [7, 11) is 1.59. The summed E-state index contributed by atoms with van der Waals surface area (Å²) in [5.41, 5.74) is 4.23. The van der Waals surface area contributed by atoms with Crippen molar-refractivity contribution in [2.24, 2.45) is 0 Å². The zero-order valence-corrected chi connectivity index (χ0v) is 14.2. The number of methoxy groups -OCH3 is 1. The van der Waals surface area contributed by atoms with Crippen LogP contribution in [0.25, 0.3) is 0 Å². The maximum atomic E-state index is 9.70. The third-order valence-corrected chi connectivity index (χ3v) is 4.97. The molecule has 0 radical (unpaired) electrons. The summed E-state index contributed by atoms with van der Waals surface area (Å²) in [6.07, 6.45) is 2.03. The molecule has 0 fully saturated rings. The molecular weight excluding hydrogens is 286 g/mol. The van der Waals surface area contributed by atoms with Crippen molar-refractivity contribution in [2.45, 2.75) is 45.3 Å². The number of fused-ring (bicyclic) bond motifs is 1. The van der Waals surface area contributed by atoms with Gasteiger partial charge in [0.05, 0.1) is 7.11 Å². The number of rotatable bonds is 5. The molecular formula is C20H25NO2. The predicted octanol–water partition coefficient (Wildman–Crippen LogP) is 4.13. The summed E-state index contributed by atoms with van der Waals surface area (Å²) in [5, 5.41) is 9.70. The summed E-state index contributed by atoms with van der Waals surface area (Å²) >= 11 is 0. The van der Waals surface area contributed by atoms with Gasteiger partial charge in [0.2, 0.25) is 0 Å². The first-order valence-corrected chi connectivity index (χ1v) is 8.17. The molecule has 2 aromatic rings. The van der Waals surface area contributed by atoms with E-state index in [-0.39, 0.29) is 11.3 Å². The topological polar surface area (TPSA) is 32.7 Å². The van der Waals surface area contributed by atoms with Gasteiger partial charge >= 0.3 is 0 Å². The Kier molecular flexibility index (Phi) is 4.31. The van der Waals surface area contributed by atoms with Crippen molar-refractivity contribution in [3.05, 3.63) is 59.2 Å². The zero-order chi connectivity index (χ0) is 16.4. The van der Waals surface area contributed by atoms with Gasteiger partial charge in [-0.05, 0) is 55.5 Å². The highest BCUT2D eigenvalue weighted by Crippen LogP contribution is 2.33. The molecule has 23 heavy (non-hydrogen) atoms. The molecule has 0 atom stereocenters. The molecule has 0 saturated heterocycles. The Bertz CT molecular complexity index is 669. The number of benzene rings is 2. The van der Waals surface area contributed by atoms with E-state index in [0.717, 1.165) is 25.9 Å². The Balaban J connectivity index is 1.66. The highest BCUT2D eigenvalue weighted by atomic mass is 16.5. The Labute approximate surface area is 138 Å². The van der Waals surface area contributed by atoms with Crippen molar-refractivity contribution in [1.29, 1.82) is 0 Å². The van der Waals surface area contributed by atoms with Gasteiger partial charge in [-0.3, -0.25) is 4.90 Å². The lowest BCUT2D eigenvalue weighted by molar-refractivity contribution is 0.109. The van der Waals surface area contributed by atoms with Crippen LogP contribution in [0.1, 0.15) is 37.0 Å². The van der Waals surface area contributed by atoms with E-state index in [0.29, 0.717) is 5.75 Å². The summed E-state index contributed by atoms with van der Waals surface area (Å²) in [4.78, 5) is 2.55. The minimum atomic E-state index is 0.129. The van der Waals surface area contributed by atoms with Crippen molar-refractivity contribution in [2.75, 3.05) is 7.11 Å². The van der Waals surface area contributed by atoms with Crippen LogP contribution in [0.2, 0.25) is 0 Å². The van der Waals surface area contributed by atoms with Gasteiger partial charge in [0.15, 0.2) is 11.5 Å². The van der Waals surface area contributed by atoms with Crippen LogP contribution < -0.4 is 4.74 Å². The average Bonchev–Trinajstić information content (AvgIpc) is 2.99. The number of nitrogens with zero attached hydrogens (tertiary/aromatic N) is 1. The molecule has 0 saturated carbocycles. The molecule has 1 aliphatic heterocycles. The normalized spacial score (nSPS) is 14.7. The number of phenolic OH excluding ortho intramolecular Hbond substituents is 1. The van der Waals surface area contributed by atoms with Gasteiger partial charge in [0, 0.05) is 18.6 Å². The Morgan fingerprint density at radius 2 is 1.74 bits per heavy atom. The summed E-state index contributed by atoms with van der Waals surface area (Å²) in [6.45, 7) is 6.69. The van der Waals surface area contributed by atoms with E-state index < -0.39 is 0 Å². The lowest BCUT2D eigenvalue weighted by Gasteiger charge is -2.35. The third-order valence-electron chi connectivity index (χ3n) is 4.97. The minimum Gasteiger partial charge on any atom is -0.504 e. The molecule has 0 unspecified atom stereocenters. The molecule has 0 aromatic heterocycles. The van der Waals surface area contributed by atoms with Gasteiger partial charge in [0.25, 0.3) is 0 Å². The van der Waals surface area contributed by atoms with Crippen LogP contribution >= 0.6 is 0 Å². The maximum absolute atomic E-state index is 9.70. The van der Waals surface area contributed by atoms with Gasteiger partial charge in [-0.2, -0.15) is 0 Å². The van der Waals surface area contributed by atoms with Gasteiger partial charge in [-0.15, -0.1) is 0 Å². The van der Waals surface area contributed by atoms with Crippen molar-refractivity contribution in [1.82, 2.24) is 4.90 Å². The van der Waals surface area contributed by atoms with Gasteiger partial charge in [0.1, 0.15) is 0 Å². The fourth-order valence-corrected chi connectivity index (χ4v) is 3.25. The lowest BCUT2D eigenvalue weighted by Crippen LogP contribution is -2.40. The van der Waals surface area contributed by atoms with Crippen LogP contribution in [-0.4, -0.2) is 22.7 Å². The fraction of sp³-hybridized carbons (Fsp3) is 0.400. The highest BCUT2D eigenvalue weighted by molar-refractivity contribution is 5.41. The monoisotopic (exact) mass is 311 g/mol. The average molecular weight is 311 g/mol. The molecule has 0 bridgehead atoms. The van der Waals surface area contributed by atoms with E-state index in [2.05, 4.69) is 43.0 Å². The van der Waals surface area contributed by atoms with Crippen molar-refractivity contribution in [3.63, 3.8) is 0 Å². The summed E-state index contributed by atoms with van der Waals surface area (Å²) < 4.78 is 5.20. The van der Waals surface area contributed by atoms with Crippen LogP contribution in [0.4, 0.5) is 0 Å². The SMILES string of the molecule is COc1cc(CCC(C)(C)N2Cc3ccccc3C2)ccc1O. The fourth-order valence-electron chi connectivity index (χ4n) is 3.25. The zero-order valence-electron chi connectivity index (χ0n) is 14.2. The Morgan fingerprint density at radius 1 is 1.09 bits per heavy atom. The first-order valence-electron chi connectivity index (χ1n) is 8.17. The van der Waals surface area contributed by atoms with E-state index in [1.807, 2.05) is 12.1 Å². The number of hydrogen-bond donors (Lipinski definition) is 1. The minimum absolute atomic E-state index is 0.129. The lowest BCUT2D eigenvalue weighted by atomic mass is 9.93. The van der Waals surface area contributed by atoms with Gasteiger partial charge < -0.3 is 9.84 Å². The second-order valence-electron chi connectivity index (χ2n) is 6.94. The van der Waals surface area contributed by atoms with Crippen LogP contribution in [-0.2, 0) is 19.5 Å². The predicted molar refractivity (Wildman–Crippen MR) is 92.7 cm³/mol. The second-order valence-corrected chi connectivity index (χ2v) is 6.94. The molecule has 0 spiro atoms. The van der Waals surface area contributed by atoms with Crippen molar-refractivity contribution < 1.29 is 9.84 Å². The van der Waals surface area contributed by atoms with Crippen LogP contribution in [0, 0.1) is 0 Å². The molecule has 2 aromatic carbocycles. The van der Waals surface area contributed by atoms with Crippen LogP contribution in [0.15, 0.2) is 42.5 Å². The molecule has 3 rings (SSSR count). The number of ether oxygens (including phenoxy) is 1. The molecule has 3 nitrogen and oxygen atoms in total. The molecule has 1 aliphatic rings. The first-order chi connectivity index (χ1) is 11.0. The van der Waals surface area contributed by atoms with Crippen LogP contribution in [0.5, 0.6) is 11.5 Å². The van der Waals surface area contributed by atoms with Crippen molar-refractivity contribution in [3.8, 4) is 11.5 Å². The molecule has 1 heterocycles. The molecule has 122 valence electrons. The largest absolute Gasteiger partial charge is 0.504 e. The Morgan fingerprint density at radius 3 is 2.35 bits per heavy atom. The second kappa shape index (κ2) is 6.25. The van der Waals surface area contributed by atoms with Gasteiger partial charge in [-0.1, -0.05) is 30.3 Å². The summed E-state index contributed by atoms with van der Waals surface area (Å²) in [5.74, 6) is 0.749. The van der Waals surface area contributed by atoms with E-state index in [9.17, 15) is 5.11 Å². The van der Waals surface area contributed by atoms with Crippen LogP contribution in [0.3, 0.4) is 0 Å². The van der Waals surface area contributed by atoms with Gasteiger partial charge in [-0.25, -0.2) is 0 Å². The van der Waals surface area contributed by atoms with E-state index in [1.165, 1.54) is 16.7 Å². The molecule has 0 aliphatic carbocycles. The van der Waals surface area contributed by atoms with E-state index >= 15 is 0 Å². The third kappa shape index (κ3) is 3.35. The quantitative estimate of drug-likeness (QED) is 0.901. The number of hydrogen-bond acceptors (Lipinski definition) is 3. The standard InChI is InChI=1S/C20H25NO2/c1-20(2,21-13-16-6-4-5-7-17(16)14-21)11-10-15-8-9-18(22)19(12-15)23-3/h4-9,12,22H,10-11,13-14H2,1-3H3. The molecule has 3 heteroatoms. The van der Waals surface area contributed by atoms with E-state index in [4.69, 9.17) is 4.74 Å². The summed E-state index contributed by atoms with van der Waals surface area (Å²) in [6, 6.07) is 14.3. The molecule has 0 amide bonds. The number of aryl methyl sites for hydroxylation is 1.